The Morgan fingerprint density at radius 1 is 1.30 bits per heavy atom. The molecule has 1 aromatic heterocycles. The highest BCUT2D eigenvalue weighted by molar-refractivity contribution is 7.99. The number of amides is 1. The van der Waals surface area contributed by atoms with Crippen LogP contribution >= 0.6 is 11.8 Å². The van der Waals surface area contributed by atoms with Gasteiger partial charge in [-0.15, -0.1) is 0 Å². The second-order valence-electron chi connectivity index (χ2n) is 6.21. The first-order valence-corrected chi connectivity index (χ1v) is 10.3. The monoisotopic (exact) mass is 427 g/mol. The van der Waals surface area contributed by atoms with Gasteiger partial charge in [0.05, 0.1) is 16.9 Å². The van der Waals surface area contributed by atoms with Crippen LogP contribution in [0.15, 0.2) is 57.2 Å². The molecule has 0 spiro atoms. The molecule has 156 valence electrons. The van der Waals surface area contributed by atoms with Crippen LogP contribution in [0.3, 0.4) is 0 Å². The minimum atomic E-state index is -0.416. The molecule has 2 aromatic carbocycles. The first-order valence-electron chi connectivity index (χ1n) is 9.35. The lowest BCUT2D eigenvalue weighted by Gasteiger charge is -2.20. The number of oxazole rings is 1. The first kappa shape index (κ1) is 21.3. The normalized spacial score (nSPS) is 11.1. The van der Waals surface area contributed by atoms with E-state index < -0.39 is 4.92 Å². The SMILES string of the molecule is CCN(CC)c1ccc(/C=N/NC(=O)CSc2nc3ccccc3o2)cc1[N+](=O)[O-]. The molecular formula is C20H21N5O4S. The Hall–Kier alpha value is -3.40. The number of carbonyl (C=O) groups excluding carboxylic acids is 1. The summed E-state index contributed by atoms with van der Waals surface area (Å²) in [6.07, 6.45) is 1.38. The molecule has 0 aliphatic carbocycles. The van der Waals surface area contributed by atoms with E-state index in [9.17, 15) is 14.9 Å². The zero-order chi connectivity index (χ0) is 21.5. The first-order chi connectivity index (χ1) is 14.5. The van der Waals surface area contributed by atoms with Crippen molar-refractivity contribution >= 4 is 46.4 Å². The van der Waals surface area contributed by atoms with Crippen LogP contribution in [0.5, 0.6) is 0 Å². The molecule has 0 bridgehead atoms. The highest BCUT2D eigenvalue weighted by Crippen LogP contribution is 2.28. The van der Waals surface area contributed by atoms with Gasteiger partial charge in [-0.1, -0.05) is 30.0 Å². The summed E-state index contributed by atoms with van der Waals surface area (Å²) >= 11 is 1.16. The molecule has 3 rings (SSSR count). The van der Waals surface area contributed by atoms with Gasteiger partial charge in [0.2, 0.25) is 0 Å². The van der Waals surface area contributed by atoms with Crippen molar-refractivity contribution in [2.45, 2.75) is 19.1 Å². The fourth-order valence-corrected chi connectivity index (χ4v) is 3.48. The summed E-state index contributed by atoms with van der Waals surface area (Å²) in [5, 5.41) is 15.7. The van der Waals surface area contributed by atoms with Gasteiger partial charge in [-0.25, -0.2) is 10.4 Å². The van der Waals surface area contributed by atoms with E-state index >= 15 is 0 Å². The number of aromatic nitrogens is 1. The van der Waals surface area contributed by atoms with Crippen molar-refractivity contribution in [2.24, 2.45) is 5.10 Å². The minimum absolute atomic E-state index is 0.000456. The third-order valence-corrected chi connectivity index (χ3v) is 5.13. The second kappa shape index (κ2) is 9.88. The zero-order valence-electron chi connectivity index (χ0n) is 16.6. The fraction of sp³-hybridized carbons (Fsp3) is 0.250. The van der Waals surface area contributed by atoms with Crippen LogP contribution < -0.4 is 10.3 Å². The summed E-state index contributed by atoms with van der Waals surface area (Å²) < 4.78 is 5.54. The number of nitro groups is 1. The molecule has 10 heteroatoms. The molecule has 0 aliphatic heterocycles. The number of nitro benzene ring substituents is 1. The molecule has 0 saturated carbocycles. The number of benzene rings is 2. The highest BCUT2D eigenvalue weighted by Gasteiger charge is 2.18. The maximum atomic E-state index is 12.0. The number of nitrogens with one attached hydrogen (secondary N) is 1. The molecule has 1 amide bonds. The maximum absolute atomic E-state index is 12.0. The van der Waals surface area contributed by atoms with Crippen LogP contribution in [0.4, 0.5) is 11.4 Å². The van der Waals surface area contributed by atoms with Crippen molar-refractivity contribution in [1.82, 2.24) is 10.4 Å². The number of carbonyl (C=O) groups is 1. The van der Waals surface area contributed by atoms with E-state index in [0.717, 1.165) is 17.3 Å². The summed E-state index contributed by atoms with van der Waals surface area (Å²) in [5.74, 6) is -0.265. The van der Waals surface area contributed by atoms with Gasteiger partial charge in [0.15, 0.2) is 5.58 Å². The Balaban J connectivity index is 1.59. The fourth-order valence-electron chi connectivity index (χ4n) is 2.85. The van der Waals surface area contributed by atoms with Gasteiger partial charge in [0, 0.05) is 24.7 Å². The molecule has 0 saturated heterocycles. The van der Waals surface area contributed by atoms with Crippen LogP contribution in [-0.4, -0.2) is 40.9 Å². The molecule has 0 atom stereocenters. The minimum Gasteiger partial charge on any atom is -0.431 e. The number of hydrogen-bond acceptors (Lipinski definition) is 8. The number of para-hydroxylation sites is 2. The summed E-state index contributed by atoms with van der Waals surface area (Å²) in [6.45, 7) is 5.21. The highest BCUT2D eigenvalue weighted by atomic mass is 32.2. The number of anilines is 1. The lowest BCUT2D eigenvalue weighted by atomic mass is 10.1. The quantitative estimate of drug-likeness (QED) is 0.239. The molecule has 3 aromatic rings. The van der Waals surface area contributed by atoms with Gasteiger partial charge in [0.1, 0.15) is 11.2 Å². The largest absolute Gasteiger partial charge is 0.431 e. The maximum Gasteiger partial charge on any atom is 0.293 e. The Morgan fingerprint density at radius 2 is 2.07 bits per heavy atom. The summed E-state index contributed by atoms with van der Waals surface area (Å²) in [4.78, 5) is 29.2. The molecule has 1 heterocycles. The van der Waals surface area contributed by atoms with Crippen LogP contribution in [-0.2, 0) is 4.79 Å². The molecule has 0 aliphatic rings. The lowest BCUT2D eigenvalue weighted by Crippen LogP contribution is -2.23. The summed E-state index contributed by atoms with van der Waals surface area (Å²) in [6, 6.07) is 12.2. The predicted molar refractivity (Wildman–Crippen MR) is 117 cm³/mol. The third kappa shape index (κ3) is 5.15. The molecule has 0 radical (unpaired) electrons. The van der Waals surface area contributed by atoms with E-state index in [1.807, 2.05) is 43.0 Å². The molecule has 0 fully saturated rings. The van der Waals surface area contributed by atoms with Crippen LogP contribution in [0.25, 0.3) is 11.1 Å². The van der Waals surface area contributed by atoms with Crippen molar-refractivity contribution in [3.8, 4) is 0 Å². The van der Waals surface area contributed by atoms with Gasteiger partial charge in [-0.3, -0.25) is 14.9 Å². The van der Waals surface area contributed by atoms with Gasteiger partial charge in [-0.05, 0) is 32.0 Å². The van der Waals surface area contributed by atoms with Crippen LogP contribution in [0.2, 0.25) is 0 Å². The Labute approximate surface area is 177 Å². The molecule has 30 heavy (non-hydrogen) atoms. The van der Waals surface area contributed by atoms with Crippen molar-refractivity contribution in [1.29, 1.82) is 0 Å². The van der Waals surface area contributed by atoms with Crippen molar-refractivity contribution in [2.75, 3.05) is 23.7 Å². The Morgan fingerprint density at radius 3 is 2.77 bits per heavy atom. The number of thioether (sulfide) groups is 1. The number of rotatable bonds is 9. The van der Waals surface area contributed by atoms with E-state index in [2.05, 4.69) is 15.5 Å². The predicted octanol–water partition coefficient (Wildman–Crippen LogP) is 3.82. The van der Waals surface area contributed by atoms with Gasteiger partial charge in [-0.2, -0.15) is 5.10 Å². The van der Waals surface area contributed by atoms with Crippen molar-refractivity contribution in [3.05, 3.63) is 58.1 Å². The standard InChI is InChI=1S/C20H21N5O4S/c1-3-24(4-2)16-10-9-14(11-17(16)25(27)28)12-21-23-19(26)13-30-20-22-15-7-5-6-8-18(15)29-20/h5-12H,3-4,13H2,1-2H3,(H,23,26)/b21-12+. The van der Waals surface area contributed by atoms with Crippen LogP contribution in [0, 0.1) is 10.1 Å². The van der Waals surface area contributed by atoms with Crippen molar-refractivity contribution in [3.63, 3.8) is 0 Å². The lowest BCUT2D eigenvalue weighted by molar-refractivity contribution is -0.384. The van der Waals surface area contributed by atoms with Gasteiger partial charge >= 0.3 is 0 Å². The van der Waals surface area contributed by atoms with Crippen LogP contribution in [0.1, 0.15) is 19.4 Å². The average Bonchev–Trinajstić information content (AvgIpc) is 3.17. The van der Waals surface area contributed by atoms with Gasteiger partial charge in [0.25, 0.3) is 16.8 Å². The topological polar surface area (TPSA) is 114 Å². The van der Waals surface area contributed by atoms with Gasteiger partial charge < -0.3 is 9.32 Å². The number of hydrazone groups is 1. The van der Waals surface area contributed by atoms with E-state index in [0.29, 0.717) is 35.1 Å². The van der Waals surface area contributed by atoms with Crippen molar-refractivity contribution < 1.29 is 14.1 Å². The smallest absolute Gasteiger partial charge is 0.293 e. The Kier molecular flexibility index (Phi) is 7.02. The number of hydrogen-bond donors (Lipinski definition) is 1. The average molecular weight is 427 g/mol. The molecular weight excluding hydrogens is 406 g/mol. The van der Waals surface area contributed by atoms with E-state index in [-0.39, 0.29) is 17.3 Å². The van der Waals surface area contributed by atoms with E-state index in [1.54, 1.807) is 12.1 Å². The van der Waals surface area contributed by atoms with E-state index in [4.69, 9.17) is 4.42 Å². The molecule has 9 nitrogen and oxygen atoms in total. The number of fused-ring (bicyclic) bond motifs is 1. The third-order valence-electron chi connectivity index (χ3n) is 4.30. The summed E-state index contributed by atoms with van der Waals surface area (Å²) in [7, 11) is 0. The Bertz CT molecular complexity index is 1040. The summed E-state index contributed by atoms with van der Waals surface area (Å²) in [5.41, 5.74) is 4.87. The zero-order valence-corrected chi connectivity index (χ0v) is 17.4. The van der Waals surface area contributed by atoms with E-state index in [1.165, 1.54) is 12.3 Å². The molecule has 0 unspecified atom stereocenters. The number of nitrogens with zero attached hydrogens (tertiary/aromatic N) is 4. The second-order valence-corrected chi connectivity index (χ2v) is 7.13. The molecule has 1 N–H and O–H groups in total.